The Morgan fingerprint density at radius 3 is 2.59 bits per heavy atom. The number of nitrogens with two attached hydrogens (primary N) is 1. The number of carbonyl (C=O) groups excluding carboxylic acids is 2. The van der Waals surface area contributed by atoms with E-state index in [0.29, 0.717) is 12.8 Å². The first-order valence-electron chi connectivity index (χ1n) is 6.96. The number of ether oxygens (including phenoxy) is 1. The minimum absolute atomic E-state index is 0.0339. The maximum atomic E-state index is 12.1. The molecule has 4 N–H and O–H groups in total. The van der Waals surface area contributed by atoms with Crippen LogP contribution < -0.4 is 15.8 Å². The van der Waals surface area contributed by atoms with E-state index >= 15 is 0 Å². The molecule has 0 fully saturated rings. The number of rotatable bonds is 9. The van der Waals surface area contributed by atoms with E-state index in [9.17, 15) is 14.4 Å². The number of benzene rings is 1. The molecule has 120 valence electrons. The number of primary amides is 1. The molecular weight excluding hydrogens is 288 g/mol. The fourth-order valence-corrected chi connectivity index (χ4v) is 1.90. The predicted molar refractivity (Wildman–Crippen MR) is 79.5 cm³/mol. The Morgan fingerprint density at radius 2 is 2.00 bits per heavy atom. The summed E-state index contributed by atoms with van der Waals surface area (Å²) in [6.45, 7) is 1.58. The van der Waals surface area contributed by atoms with Gasteiger partial charge in [-0.3, -0.25) is 14.4 Å². The second kappa shape index (κ2) is 8.66. The second-order valence-electron chi connectivity index (χ2n) is 4.79. The molecule has 0 aliphatic heterocycles. The van der Waals surface area contributed by atoms with Gasteiger partial charge in [0.05, 0.1) is 11.5 Å². The van der Waals surface area contributed by atoms with E-state index in [2.05, 4.69) is 5.32 Å². The molecule has 1 atom stereocenters. The maximum absolute atomic E-state index is 12.1. The molecule has 0 aliphatic rings. The van der Waals surface area contributed by atoms with Gasteiger partial charge >= 0.3 is 5.97 Å². The number of para-hydroxylation sites is 1. The van der Waals surface area contributed by atoms with E-state index in [1.807, 2.05) is 6.92 Å². The first kappa shape index (κ1) is 17.5. The molecule has 7 heteroatoms. The highest BCUT2D eigenvalue weighted by Crippen LogP contribution is 2.18. The fraction of sp³-hybridized carbons (Fsp3) is 0.400. The number of hydrogen-bond acceptors (Lipinski definition) is 4. The lowest BCUT2D eigenvalue weighted by Crippen LogP contribution is -2.33. The van der Waals surface area contributed by atoms with Crippen LogP contribution in [0.3, 0.4) is 0 Å². The lowest BCUT2D eigenvalue weighted by atomic mass is 10.0. The molecule has 22 heavy (non-hydrogen) atoms. The molecule has 0 aromatic heterocycles. The molecular formula is C15H20N2O5. The third-order valence-corrected chi connectivity index (χ3v) is 3.00. The van der Waals surface area contributed by atoms with Crippen LogP contribution in [0.4, 0.5) is 0 Å². The topological polar surface area (TPSA) is 119 Å². The smallest absolute Gasteiger partial charge is 0.308 e. The second-order valence-corrected chi connectivity index (χ2v) is 4.79. The van der Waals surface area contributed by atoms with Crippen LogP contribution in [-0.2, 0) is 9.59 Å². The van der Waals surface area contributed by atoms with Crippen LogP contribution in [0, 0.1) is 5.92 Å². The van der Waals surface area contributed by atoms with Crippen LogP contribution in [0.1, 0.15) is 30.1 Å². The van der Waals surface area contributed by atoms with Crippen molar-refractivity contribution in [3.8, 4) is 5.75 Å². The number of hydrogen-bond donors (Lipinski definition) is 3. The number of aliphatic carboxylic acids is 1. The predicted octanol–water partition coefficient (Wildman–Crippen LogP) is 0.781. The summed E-state index contributed by atoms with van der Waals surface area (Å²) in [6.07, 6.45) is 1.20. The van der Waals surface area contributed by atoms with Crippen molar-refractivity contribution < 1.29 is 24.2 Å². The number of nitrogens with one attached hydrogen (secondary N) is 1. The van der Waals surface area contributed by atoms with Crippen molar-refractivity contribution in [2.45, 2.75) is 19.8 Å². The first-order chi connectivity index (χ1) is 10.5. The SMILES string of the molecule is CCCC(CNC(=O)c1ccccc1OCC(N)=O)C(=O)O. The molecule has 0 saturated heterocycles. The molecule has 0 bridgehead atoms. The van der Waals surface area contributed by atoms with Gasteiger partial charge in [-0.15, -0.1) is 0 Å². The summed E-state index contributed by atoms with van der Waals surface area (Å²) in [5, 5.41) is 11.6. The van der Waals surface area contributed by atoms with E-state index in [1.165, 1.54) is 6.07 Å². The summed E-state index contributed by atoms with van der Waals surface area (Å²) in [5.74, 6) is -2.46. The Labute approximate surface area is 128 Å². The van der Waals surface area contributed by atoms with Crippen molar-refractivity contribution >= 4 is 17.8 Å². The third-order valence-electron chi connectivity index (χ3n) is 3.00. The van der Waals surface area contributed by atoms with Gasteiger partial charge < -0.3 is 20.9 Å². The molecule has 0 heterocycles. The molecule has 0 aliphatic carbocycles. The van der Waals surface area contributed by atoms with Gasteiger partial charge in [0.25, 0.3) is 11.8 Å². The van der Waals surface area contributed by atoms with Crippen LogP contribution in [0.25, 0.3) is 0 Å². The van der Waals surface area contributed by atoms with Crippen LogP contribution in [0.2, 0.25) is 0 Å². The zero-order valence-corrected chi connectivity index (χ0v) is 12.4. The highest BCUT2D eigenvalue weighted by Gasteiger charge is 2.19. The molecule has 1 unspecified atom stereocenters. The number of carboxylic acid groups (broad SMARTS) is 1. The fourth-order valence-electron chi connectivity index (χ4n) is 1.90. The zero-order chi connectivity index (χ0) is 16.5. The zero-order valence-electron chi connectivity index (χ0n) is 12.4. The standard InChI is InChI=1S/C15H20N2O5/c1-2-5-10(15(20)21)8-17-14(19)11-6-3-4-7-12(11)22-9-13(16)18/h3-4,6-7,10H,2,5,8-9H2,1H3,(H2,16,18)(H,17,19)(H,20,21). The Balaban J connectivity index is 2.72. The van der Waals surface area contributed by atoms with E-state index in [1.54, 1.807) is 18.2 Å². The van der Waals surface area contributed by atoms with Gasteiger partial charge in [-0.1, -0.05) is 25.5 Å². The quantitative estimate of drug-likeness (QED) is 0.623. The summed E-state index contributed by atoms with van der Waals surface area (Å²) < 4.78 is 5.17. The van der Waals surface area contributed by atoms with E-state index in [0.717, 1.165) is 0 Å². The van der Waals surface area contributed by atoms with Crippen LogP contribution in [0.15, 0.2) is 24.3 Å². The summed E-state index contributed by atoms with van der Waals surface area (Å²) in [5.41, 5.74) is 5.23. The summed E-state index contributed by atoms with van der Waals surface area (Å²) in [6, 6.07) is 6.37. The van der Waals surface area contributed by atoms with E-state index in [4.69, 9.17) is 15.6 Å². The number of amides is 2. The molecule has 2 amide bonds. The molecule has 1 aromatic carbocycles. The third kappa shape index (κ3) is 5.43. The van der Waals surface area contributed by atoms with Gasteiger partial charge in [0.1, 0.15) is 5.75 Å². The highest BCUT2D eigenvalue weighted by atomic mass is 16.5. The Kier molecular flexibility index (Phi) is 6.88. The Hall–Kier alpha value is -2.57. The van der Waals surface area contributed by atoms with Gasteiger partial charge in [-0.25, -0.2) is 0 Å². The minimum Gasteiger partial charge on any atom is -0.483 e. The van der Waals surface area contributed by atoms with Gasteiger partial charge in [-0.05, 0) is 18.6 Å². The Bertz CT molecular complexity index is 544. The van der Waals surface area contributed by atoms with Crippen molar-refractivity contribution in [2.75, 3.05) is 13.2 Å². The van der Waals surface area contributed by atoms with Crippen LogP contribution in [-0.4, -0.2) is 36.0 Å². The average molecular weight is 308 g/mol. The Morgan fingerprint density at radius 1 is 1.32 bits per heavy atom. The molecule has 0 saturated carbocycles. The van der Waals surface area contributed by atoms with Gasteiger partial charge in [0.15, 0.2) is 6.61 Å². The first-order valence-corrected chi connectivity index (χ1v) is 6.96. The van der Waals surface area contributed by atoms with Crippen molar-refractivity contribution in [3.63, 3.8) is 0 Å². The van der Waals surface area contributed by atoms with Gasteiger partial charge in [-0.2, -0.15) is 0 Å². The maximum Gasteiger partial charge on any atom is 0.308 e. The van der Waals surface area contributed by atoms with E-state index < -0.39 is 23.7 Å². The molecule has 0 spiro atoms. The average Bonchev–Trinajstić information content (AvgIpc) is 2.49. The van der Waals surface area contributed by atoms with Crippen molar-refractivity contribution in [2.24, 2.45) is 11.7 Å². The minimum atomic E-state index is -0.944. The lowest BCUT2D eigenvalue weighted by molar-refractivity contribution is -0.141. The molecule has 1 aromatic rings. The van der Waals surface area contributed by atoms with Gasteiger partial charge in [0, 0.05) is 6.54 Å². The van der Waals surface area contributed by atoms with Crippen molar-refractivity contribution in [3.05, 3.63) is 29.8 Å². The van der Waals surface area contributed by atoms with Crippen LogP contribution in [0.5, 0.6) is 5.75 Å². The van der Waals surface area contributed by atoms with Crippen molar-refractivity contribution in [1.82, 2.24) is 5.32 Å². The summed E-state index contributed by atoms with van der Waals surface area (Å²) in [4.78, 5) is 33.9. The summed E-state index contributed by atoms with van der Waals surface area (Å²) >= 11 is 0. The highest BCUT2D eigenvalue weighted by molar-refractivity contribution is 5.97. The lowest BCUT2D eigenvalue weighted by Gasteiger charge is -2.14. The normalized spacial score (nSPS) is 11.5. The number of carboxylic acids is 1. The molecule has 7 nitrogen and oxygen atoms in total. The van der Waals surface area contributed by atoms with Gasteiger partial charge in [0.2, 0.25) is 0 Å². The largest absolute Gasteiger partial charge is 0.483 e. The van der Waals surface area contributed by atoms with Crippen molar-refractivity contribution in [1.29, 1.82) is 0 Å². The molecule has 0 radical (unpaired) electrons. The number of carbonyl (C=O) groups is 3. The molecule has 1 rings (SSSR count). The monoisotopic (exact) mass is 308 g/mol. The van der Waals surface area contributed by atoms with Crippen LogP contribution >= 0.6 is 0 Å². The summed E-state index contributed by atoms with van der Waals surface area (Å²) in [7, 11) is 0. The van der Waals surface area contributed by atoms with E-state index in [-0.39, 0.29) is 24.5 Å².